The average molecular weight is 217 g/mol. The molecular formula is C14H19NO. The molecule has 0 aliphatic heterocycles. The highest BCUT2D eigenvalue weighted by atomic mass is 16.1. The lowest BCUT2D eigenvalue weighted by Crippen LogP contribution is -2.32. The van der Waals surface area contributed by atoms with Crippen molar-refractivity contribution in [1.29, 1.82) is 0 Å². The minimum atomic E-state index is 0.0783. The number of benzene rings is 1. The highest BCUT2D eigenvalue weighted by Crippen LogP contribution is 2.18. The smallest absolute Gasteiger partial charge is 0.251 e. The third kappa shape index (κ3) is 2.63. The maximum absolute atomic E-state index is 11.9. The molecule has 0 spiro atoms. The third-order valence-corrected chi connectivity index (χ3v) is 3.31. The van der Waals surface area contributed by atoms with Crippen LogP contribution in [0.1, 0.15) is 48.5 Å². The summed E-state index contributed by atoms with van der Waals surface area (Å²) >= 11 is 0. The van der Waals surface area contributed by atoms with E-state index in [1.807, 2.05) is 24.3 Å². The number of hydrogen-bond donors (Lipinski definition) is 1. The Hall–Kier alpha value is -1.31. The van der Waals surface area contributed by atoms with Gasteiger partial charge >= 0.3 is 0 Å². The summed E-state index contributed by atoms with van der Waals surface area (Å²) < 4.78 is 0. The SMILES string of the molecule is CCc1ccc(C(=O)NC2CCCC2)cc1. The summed E-state index contributed by atoms with van der Waals surface area (Å²) in [5, 5.41) is 3.09. The molecule has 0 bridgehead atoms. The van der Waals surface area contributed by atoms with Crippen LogP contribution in [-0.4, -0.2) is 11.9 Å². The van der Waals surface area contributed by atoms with Crippen LogP contribution >= 0.6 is 0 Å². The van der Waals surface area contributed by atoms with Crippen LogP contribution in [0.15, 0.2) is 24.3 Å². The van der Waals surface area contributed by atoms with Gasteiger partial charge in [-0.2, -0.15) is 0 Å². The fourth-order valence-electron chi connectivity index (χ4n) is 2.23. The Morgan fingerprint density at radius 1 is 1.25 bits per heavy atom. The molecule has 0 unspecified atom stereocenters. The van der Waals surface area contributed by atoms with Crippen molar-refractivity contribution in [2.75, 3.05) is 0 Å². The van der Waals surface area contributed by atoms with Crippen molar-refractivity contribution >= 4 is 5.91 Å². The normalized spacial score (nSPS) is 16.3. The molecule has 1 aliphatic rings. The molecule has 1 N–H and O–H groups in total. The standard InChI is InChI=1S/C14H19NO/c1-2-11-7-9-12(10-8-11)14(16)15-13-5-3-4-6-13/h7-10,13H,2-6H2,1H3,(H,15,16). The highest BCUT2D eigenvalue weighted by molar-refractivity contribution is 5.94. The van der Waals surface area contributed by atoms with Crippen LogP contribution in [0.25, 0.3) is 0 Å². The zero-order valence-electron chi connectivity index (χ0n) is 9.83. The molecule has 1 aromatic rings. The van der Waals surface area contributed by atoms with Crippen molar-refractivity contribution in [3.05, 3.63) is 35.4 Å². The molecule has 2 nitrogen and oxygen atoms in total. The van der Waals surface area contributed by atoms with Crippen LogP contribution in [0.3, 0.4) is 0 Å². The van der Waals surface area contributed by atoms with E-state index in [0.29, 0.717) is 6.04 Å². The van der Waals surface area contributed by atoms with Gasteiger partial charge in [0.25, 0.3) is 5.91 Å². The molecule has 1 aromatic carbocycles. The largest absolute Gasteiger partial charge is 0.349 e. The molecule has 1 amide bonds. The molecule has 2 heteroatoms. The molecule has 1 fully saturated rings. The van der Waals surface area contributed by atoms with Gasteiger partial charge in [-0.15, -0.1) is 0 Å². The Labute approximate surface area is 97.1 Å². The van der Waals surface area contributed by atoms with Crippen molar-refractivity contribution in [3.63, 3.8) is 0 Å². The first-order chi connectivity index (χ1) is 7.79. The number of nitrogens with one attached hydrogen (secondary N) is 1. The van der Waals surface area contributed by atoms with Crippen LogP contribution in [0, 0.1) is 0 Å². The number of rotatable bonds is 3. The number of hydrogen-bond acceptors (Lipinski definition) is 1. The van der Waals surface area contributed by atoms with E-state index in [0.717, 1.165) is 24.8 Å². The Morgan fingerprint density at radius 2 is 1.88 bits per heavy atom. The topological polar surface area (TPSA) is 29.1 Å². The van der Waals surface area contributed by atoms with E-state index in [2.05, 4.69) is 12.2 Å². The monoisotopic (exact) mass is 217 g/mol. The van der Waals surface area contributed by atoms with E-state index in [4.69, 9.17) is 0 Å². The molecule has 0 atom stereocenters. The van der Waals surface area contributed by atoms with Gasteiger partial charge in [0.2, 0.25) is 0 Å². The molecule has 0 saturated heterocycles. The van der Waals surface area contributed by atoms with Crippen LogP contribution in [0.5, 0.6) is 0 Å². The number of aryl methyl sites for hydroxylation is 1. The lowest BCUT2D eigenvalue weighted by molar-refractivity contribution is 0.0938. The van der Waals surface area contributed by atoms with Crippen molar-refractivity contribution in [2.24, 2.45) is 0 Å². The molecule has 0 radical (unpaired) electrons. The summed E-state index contributed by atoms with van der Waals surface area (Å²) in [6.45, 7) is 2.12. The maximum atomic E-state index is 11.9. The Bertz CT molecular complexity index is 350. The zero-order valence-corrected chi connectivity index (χ0v) is 9.83. The van der Waals surface area contributed by atoms with E-state index in [9.17, 15) is 4.79 Å². The van der Waals surface area contributed by atoms with Crippen LogP contribution in [-0.2, 0) is 6.42 Å². The minimum absolute atomic E-state index is 0.0783. The fourth-order valence-corrected chi connectivity index (χ4v) is 2.23. The van der Waals surface area contributed by atoms with E-state index >= 15 is 0 Å². The molecule has 86 valence electrons. The van der Waals surface area contributed by atoms with E-state index in [1.54, 1.807) is 0 Å². The van der Waals surface area contributed by atoms with Gasteiger partial charge in [0.1, 0.15) is 0 Å². The lowest BCUT2D eigenvalue weighted by Gasteiger charge is -2.11. The fraction of sp³-hybridized carbons (Fsp3) is 0.500. The van der Waals surface area contributed by atoms with Crippen molar-refractivity contribution in [3.8, 4) is 0 Å². The van der Waals surface area contributed by atoms with E-state index < -0.39 is 0 Å². The van der Waals surface area contributed by atoms with Crippen molar-refractivity contribution in [2.45, 2.75) is 45.1 Å². The average Bonchev–Trinajstić information content (AvgIpc) is 2.82. The summed E-state index contributed by atoms with van der Waals surface area (Å²) in [4.78, 5) is 11.9. The zero-order chi connectivity index (χ0) is 11.4. The van der Waals surface area contributed by atoms with Gasteiger partial charge in [0, 0.05) is 11.6 Å². The van der Waals surface area contributed by atoms with Crippen molar-refractivity contribution < 1.29 is 4.79 Å². The summed E-state index contributed by atoms with van der Waals surface area (Å²) in [6.07, 6.45) is 5.79. The van der Waals surface area contributed by atoms with Gasteiger partial charge in [-0.3, -0.25) is 4.79 Å². The van der Waals surface area contributed by atoms with Crippen LogP contribution in [0.2, 0.25) is 0 Å². The Kier molecular flexibility index (Phi) is 3.60. The van der Waals surface area contributed by atoms with Gasteiger partial charge in [-0.25, -0.2) is 0 Å². The predicted molar refractivity (Wildman–Crippen MR) is 65.5 cm³/mol. The second-order valence-electron chi connectivity index (χ2n) is 4.51. The molecule has 0 aromatic heterocycles. The van der Waals surface area contributed by atoms with Gasteiger partial charge in [-0.05, 0) is 37.0 Å². The second kappa shape index (κ2) is 5.15. The molecule has 1 aliphatic carbocycles. The molecule has 16 heavy (non-hydrogen) atoms. The van der Waals surface area contributed by atoms with Gasteiger partial charge in [0.05, 0.1) is 0 Å². The summed E-state index contributed by atoms with van der Waals surface area (Å²) in [6, 6.07) is 8.30. The van der Waals surface area contributed by atoms with E-state index in [-0.39, 0.29) is 5.91 Å². The van der Waals surface area contributed by atoms with Crippen LogP contribution in [0.4, 0.5) is 0 Å². The third-order valence-electron chi connectivity index (χ3n) is 3.31. The Morgan fingerprint density at radius 3 is 2.44 bits per heavy atom. The van der Waals surface area contributed by atoms with Gasteiger partial charge in [-0.1, -0.05) is 31.9 Å². The number of carbonyl (C=O) groups is 1. The lowest BCUT2D eigenvalue weighted by atomic mass is 10.1. The molecule has 1 saturated carbocycles. The minimum Gasteiger partial charge on any atom is -0.349 e. The van der Waals surface area contributed by atoms with Gasteiger partial charge in [0.15, 0.2) is 0 Å². The summed E-state index contributed by atoms with van der Waals surface area (Å²) in [7, 11) is 0. The predicted octanol–water partition coefficient (Wildman–Crippen LogP) is 2.92. The van der Waals surface area contributed by atoms with Crippen LogP contribution < -0.4 is 5.32 Å². The number of amides is 1. The number of carbonyl (C=O) groups excluding carboxylic acids is 1. The Balaban J connectivity index is 1.97. The van der Waals surface area contributed by atoms with Gasteiger partial charge < -0.3 is 5.32 Å². The van der Waals surface area contributed by atoms with Crippen molar-refractivity contribution in [1.82, 2.24) is 5.32 Å². The van der Waals surface area contributed by atoms with E-state index in [1.165, 1.54) is 18.4 Å². The second-order valence-corrected chi connectivity index (χ2v) is 4.51. The summed E-state index contributed by atoms with van der Waals surface area (Å²) in [5.41, 5.74) is 2.06. The first-order valence-corrected chi connectivity index (χ1v) is 6.19. The maximum Gasteiger partial charge on any atom is 0.251 e. The molecule has 0 heterocycles. The highest BCUT2D eigenvalue weighted by Gasteiger charge is 2.17. The summed E-state index contributed by atoms with van der Waals surface area (Å²) in [5.74, 6) is 0.0783. The quantitative estimate of drug-likeness (QED) is 0.828. The first-order valence-electron chi connectivity index (χ1n) is 6.19. The first kappa shape index (κ1) is 11.2. The molecule has 2 rings (SSSR count). The molecular weight excluding hydrogens is 198 g/mol.